The van der Waals surface area contributed by atoms with Gasteiger partial charge in [-0.25, -0.2) is 4.79 Å². The second-order valence-electron chi connectivity index (χ2n) is 6.56. The fourth-order valence-electron chi connectivity index (χ4n) is 3.02. The van der Waals surface area contributed by atoms with Crippen LogP contribution in [0.5, 0.6) is 0 Å². The molecular formula is C15H22N2O2. The minimum atomic E-state index is -0.263. The Morgan fingerprint density at radius 1 is 1.21 bits per heavy atom. The van der Waals surface area contributed by atoms with Crippen molar-refractivity contribution in [3.8, 4) is 0 Å². The van der Waals surface area contributed by atoms with E-state index in [0.717, 1.165) is 12.8 Å². The fraction of sp³-hybridized carbons (Fsp3) is 0.600. The average Bonchev–Trinajstić information content (AvgIpc) is 2.25. The van der Waals surface area contributed by atoms with Crippen LogP contribution < -0.4 is 5.32 Å². The van der Waals surface area contributed by atoms with Gasteiger partial charge in [0.25, 0.3) is 0 Å². The molecular weight excluding hydrogens is 240 g/mol. The summed E-state index contributed by atoms with van der Waals surface area (Å²) in [6.07, 6.45) is 4.81. The van der Waals surface area contributed by atoms with Crippen molar-refractivity contribution in [2.75, 3.05) is 0 Å². The van der Waals surface area contributed by atoms with Crippen molar-refractivity contribution in [2.24, 2.45) is 0 Å². The molecule has 4 nitrogen and oxygen atoms in total. The molecule has 0 amide bonds. The van der Waals surface area contributed by atoms with Gasteiger partial charge in [0.05, 0.1) is 5.56 Å². The van der Waals surface area contributed by atoms with E-state index in [0.29, 0.717) is 5.56 Å². The second kappa shape index (κ2) is 4.93. The van der Waals surface area contributed by atoms with E-state index in [4.69, 9.17) is 4.74 Å². The number of nitrogens with one attached hydrogen (secondary N) is 1. The van der Waals surface area contributed by atoms with Crippen LogP contribution in [0.15, 0.2) is 24.5 Å². The van der Waals surface area contributed by atoms with Crippen LogP contribution in [0.25, 0.3) is 0 Å². The maximum Gasteiger partial charge on any atom is 0.338 e. The van der Waals surface area contributed by atoms with Crippen molar-refractivity contribution in [1.29, 1.82) is 0 Å². The summed E-state index contributed by atoms with van der Waals surface area (Å²) in [5, 5.41) is 3.57. The lowest BCUT2D eigenvalue weighted by Crippen LogP contribution is -2.59. The van der Waals surface area contributed by atoms with Gasteiger partial charge in [0.15, 0.2) is 0 Å². The number of nitrogens with zero attached hydrogens (tertiary/aromatic N) is 1. The van der Waals surface area contributed by atoms with E-state index in [2.05, 4.69) is 38.0 Å². The van der Waals surface area contributed by atoms with Gasteiger partial charge in [-0.2, -0.15) is 0 Å². The number of hydrogen-bond acceptors (Lipinski definition) is 4. The van der Waals surface area contributed by atoms with Crippen molar-refractivity contribution < 1.29 is 9.53 Å². The number of esters is 1. The number of piperidine rings is 1. The van der Waals surface area contributed by atoms with Gasteiger partial charge < -0.3 is 10.1 Å². The largest absolute Gasteiger partial charge is 0.459 e. The van der Waals surface area contributed by atoms with E-state index in [1.807, 2.05) is 0 Å². The number of pyridine rings is 1. The lowest BCUT2D eigenvalue weighted by Gasteiger charge is -2.45. The molecule has 0 aliphatic carbocycles. The molecule has 1 aliphatic heterocycles. The Morgan fingerprint density at radius 2 is 1.74 bits per heavy atom. The molecule has 4 heteroatoms. The molecule has 19 heavy (non-hydrogen) atoms. The molecule has 104 valence electrons. The van der Waals surface area contributed by atoms with Gasteiger partial charge in [-0.1, -0.05) is 0 Å². The standard InChI is InChI=1S/C15H22N2O2/c1-14(2)9-12(10-15(3,4)17-14)19-13(18)11-5-7-16-8-6-11/h5-8,12,17H,9-10H2,1-4H3. The molecule has 1 saturated heterocycles. The number of aromatic nitrogens is 1. The smallest absolute Gasteiger partial charge is 0.338 e. The summed E-state index contributed by atoms with van der Waals surface area (Å²) < 4.78 is 5.64. The SMILES string of the molecule is CC1(C)CC(OC(=O)c2ccncc2)CC(C)(C)N1. The molecule has 1 fully saturated rings. The Kier molecular flexibility index (Phi) is 3.63. The minimum absolute atomic E-state index is 0.0229. The number of ether oxygens (including phenoxy) is 1. The molecule has 0 radical (unpaired) electrons. The molecule has 1 aliphatic rings. The highest BCUT2D eigenvalue weighted by molar-refractivity contribution is 5.89. The zero-order valence-electron chi connectivity index (χ0n) is 12.1. The Labute approximate surface area is 114 Å². The summed E-state index contributed by atoms with van der Waals surface area (Å²) in [6, 6.07) is 3.36. The number of hydrogen-bond donors (Lipinski definition) is 1. The van der Waals surface area contributed by atoms with Crippen LogP contribution in [0.3, 0.4) is 0 Å². The zero-order chi connectivity index (χ0) is 14.1. The predicted octanol–water partition coefficient (Wildman–Crippen LogP) is 2.55. The van der Waals surface area contributed by atoms with Crippen molar-refractivity contribution in [3.63, 3.8) is 0 Å². The monoisotopic (exact) mass is 262 g/mol. The second-order valence-corrected chi connectivity index (χ2v) is 6.56. The van der Waals surface area contributed by atoms with Gasteiger partial charge in [0.1, 0.15) is 6.10 Å². The molecule has 1 aromatic rings. The van der Waals surface area contributed by atoms with Gasteiger partial charge in [0, 0.05) is 36.3 Å². The Balaban J connectivity index is 2.05. The first-order chi connectivity index (χ1) is 8.77. The molecule has 0 atom stereocenters. The molecule has 0 saturated carbocycles. The fourth-order valence-corrected chi connectivity index (χ4v) is 3.02. The Morgan fingerprint density at radius 3 is 2.26 bits per heavy atom. The summed E-state index contributed by atoms with van der Waals surface area (Å²) in [5.41, 5.74) is 0.514. The summed E-state index contributed by atoms with van der Waals surface area (Å²) in [7, 11) is 0. The van der Waals surface area contributed by atoms with Gasteiger partial charge >= 0.3 is 5.97 Å². The summed E-state index contributed by atoms with van der Waals surface area (Å²) in [5.74, 6) is -0.263. The number of carbonyl (C=O) groups excluding carboxylic acids is 1. The minimum Gasteiger partial charge on any atom is -0.459 e. The van der Waals surface area contributed by atoms with Crippen molar-refractivity contribution in [1.82, 2.24) is 10.3 Å². The first kappa shape index (κ1) is 14.0. The lowest BCUT2D eigenvalue weighted by atomic mass is 9.81. The van der Waals surface area contributed by atoms with Crippen LogP contribution in [-0.2, 0) is 4.74 Å². The normalized spacial score (nSPS) is 21.9. The average molecular weight is 262 g/mol. The molecule has 2 heterocycles. The first-order valence-corrected chi connectivity index (χ1v) is 6.68. The highest BCUT2D eigenvalue weighted by Crippen LogP contribution is 2.30. The third kappa shape index (κ3) is 3.77. The van der Waals surface area contributed by atoms with Gasteiger partial charge in [-0.15, -0.1) is 0 Å². The molecule has 0 aromatic carbocycles. The molecule has 0 spiro atoms. The topological polar surface area (TPSA) is 51.2 Å². The van der Waals surface area contributed by atoms with Gasteiger partial charge in [0.2, 0.25) is 0 Å². The van der Waals surface area contributed by atoms with Crippen molar-refractivity contribution in [2.45, 2.75) is 57.7 Å². The van der Waals surface area contributed by atoms with Crippen LogP contribution in [0, 0.1) is 0 Å². The number of carbonyl (C=O) groups is 1. The van der Waals surface area contributed by atoms with Gasteiger partial charge in [-0.05, 0) is 39.8 Å². The van der Waals surface area contributed by atoms with Crippen LogP contribution >= 0.6 is 0 Å². The highest BCUT2D eigenvalue weighted by atomic mass is 16.5. The summed E-state index contributed by atoms with van der Waals surface area (Å²) >= 11 is 0. The lowest BCUT2D eigenvalue weighted by molar-refractivity contribution is -0.00638. The third-order valence-electron chi connectivity index (χ3n) is 3.34. The van der Waals surface area contributed by atoms with Crippen LogP contribution in [-0.4, -0.2) is 28.1 Å². The zero-order valence-corrected chi connectivity index (χ0v) is 12.1. The van der Waals surface area contributed by atoms with E-state index in [-0.39, 0.29) is 23.2 Å². The summed E-state index contributed by atoms with van der Waals surface area (Å²) in [6.45, 7) is 8.56. The molecule has 0 unspecified atom stereocenters. The molecule has 1 aromatic heterocycles. The Bertz CT molecular complexity index is 438. The van der Waals surface area contributed by atoms with E-state index in [9.17, 15) is 4.79 Å². The number of rotatable bonds is 2. The maximum absolute atomic E-state index is 12.1. The maximum atomic E-state index is 12.1. The van der Waals surface area contributed by atoms with Gasteiger partial charge in [-0.3, -0.25) is 4.98 Å². The molecule has 2 rings (SSSR count). The van der Waals surface area contributed by atoms with E-state index < -0.39 is 0 Å². The van der Waals surface area contributed by atoms with Crippen molar-refractivity contribution in [3.05, 3.63) is 30.1 Å². The first-order valence-electron chi connectivity index (χ1n) is 6.68. The van der Waals surface area contributed by atoms with Crippen molar-refractivity contribution >= 4 is 5.97 Å². The third-order valence-corrected chi connectivity index (χ3v) is 3.34. The predicted molar refractivity (Wildman–Crippen MR) is 74.0 cm³/mol. The van der Waals surface area contributed by atoms with Crippen LogP contribution in [0.2, 0.25) is 0 Å². The Hall–Kier alpha value is -1.42. The molecule has 0 bridgehead atoms. The van der Waals surface area contributed by atoms with E-state index in [1.165, 1.54) is 0 Å². The van der Waals surface area contributed by atoms with Crippen LogP contribution in [0.4, 0.5) is 0 Å². The van der Waals surface area contributed by atoms with E-state index >= 15 is 0 Å². The van der Waals surface area contributed by atoms with Crippen LogP contribution in [0.1, 0.15) is 50.9 Å². The highest BCUT2D eigenvalue weighted by Gasteiger charge is 2.39. The molecule has 1 N–H and O–H groups in total. The van der Waals surface area contributed by atoms with E-state index in [1.54, 1.807) is 24.5 Å². The quantitative estimate of drug-likeness (QED) is 0.832. The summed E-state index contributed by atoms with van der Waals surface area (Å²) in [4.78, 5) is 16.0.